The average Bonchev–Trinajstić information content (AvgIpc) is 3.35. The van der Waals surface area contributed by atoms with E-state index in [0.29, 0.717) is 24.4 Å². The smallest absolute Gasteiger partial charge is 0.350 e. The summed E-state index contributed by atoms with van der Waals surface area (Å²) in [6.45, 7) is 0.762. The number of aromatic amines is 1. The molecular formula is C19H20ClF3N4O2. The maximum absolute atomic E-state index is 12.8. The van der Waals surface area contributed by atoms with E-state index in [1.54, 1.807) is 18.2 Å². The largest absolute Gasteiger partial charge is 0.431 e. The van der Waals surface area contributed by atoms with Crippen LogP contribution in [0.1, 0.15) is 40.2 Å². The number of carbonyl (C=O) groups is 2. The minimum atomic E-state index is -4.57. The van der Waals surface area contributed by atoms with Crippen molar-refractivity contribution in [2.45, 2.75) is 38.1 Å². The van der Waals surface area contributed by atoms with Gasteiger partial charge in [0, 0.05) is 24.7 Å². The van der Waals surface area contributed by atoms with E-state index in [-0.39, 0.29) is 24.7 Å². The van der Waals surface area contributed by atoms with E-state index in [1.807, 2.05) is 0 Å². The second kappa shape index (κ2) is 8.46. The molecule has 1 atom stereocenters. The van der Waals surface area contributed by atoms with Gasteiger partial charge in [-0.25, -0.2) is 0 Å². The molecule has 29 heavy (non-hydrogen) atoms. The predicted octanol–water partition coefficient (Wildman–Crippen LogP) is 3.07. The number of hydrogen-bond acceptors (Lipinski definition) is 3. The zero-order valence-electron chi connectivity index (χ0n) is 15.4. The molecule has 0 saturated carbocycles. The highest BCUT2D eigenvalue weighted by atomic mass is 35.5. The van der Waals surface area contributed by atoms with Crippen LogP contribution in [-0.2, 0) is 24.1 Å². The summed E-state index contributed by atoms with van der Waals surface area (Å²) in [6, 6.07) is 6.33. The maximum Gasteiger partial charge on any atom is 0.431 e. The molecule has 2 amide bonds. The van der Waals surface area contributed by atoms with Crippen molar-refractivity contribution in [3.8, 4) is 0 Å². The Morgan fingerprint density at radius 1 is 1.24 bits per heavy atom. The molecule has 1 aromatic carbocycles. The molecule has 1 aliphatic heterocycles. The zero-order valence-corrected chi connectivity index (χ0v) is 16.1. The summed E-state index contributed by atoms with van der Waals surface area (Å²) in [7, 11) is 0. The van der Waals surface area contributed by atoms with E-state index in [0.717, 1.165) is 23.3 Å². The molecular weight excluding hydrogens is 409 g/mol. The lowest BCUT2D eigenvalue weighted by atomic mass is 10.1. The molecule has 1 saturated heterocycles. The normalized spacial score (nSPS) is 16.9. The van der Waals surface area contributed by atoms with Gasteiger partial charge in [-0.05, 0) is 48.2 Å². The number of rotatable bonds is 5. The molecule has 0 bridgehead atoms. The molecule has 4 N–H and O–H groups in total. The third-order valence-electron chi connectivity index (χ3n) is 4.88. The van der Waals surface area contributed by atoms with Crippen LogP contribution in [0.25, 0.3) is 0 Å². The molecule has 2 aromatic rings. The highest BCUT2D eigenvalue weighted by Crippen LogP contribution is 2.29. The Balaban J connectivity index is 1.68. The molecule has 6 nitrogen and oxygen atoms in total. The Bertz CT molecular complexity index is 913. The van der Waals surface area contributed by atoms with Crippen LogP contribution in [0.15, 0.2) is 30.3 Å². The van der Waals surface area contributed by atoms with Crippen molar-refractivity contribution in [1.82, 2.24) is 15.2 Å². The second-order valence-corrected chi connectivity index (χ2v) is 7.21. The second-order valence-electron chi connectivity index (χ2n) is 6.77. The topological polar surface area (TPSA) is 91.2 Å². The highest BCUT2D eigenvalue weighted by molar-refractivity contribution is 6.30. The molecule has 1 fully saturated rings. The van der Waals surface area contributed by atoms with Crippen molar-refractivity contribution in [3.63, 3.8) is 0 Å². The number of alkyl halides is 3. The van der Waals surface area contributed by atoms with E-state index >= 15 is 0 Å². The molecule has 3 rings (SSSR count). The SMILES string of the molecule is NCc1ccc(Cl)cc1CNC(=O)[C@@H]1CCCN1C(=O)c1ccc(C(F)(F)F)[nH]1. The Kier molecular flexibility index (Phi) is 6.18. The van der Waals surface area contributed by atoms with Crippen molar-refractivity contribution in [2.24, 2.45) is 5.73 Å². The van der Waals surface area contributed by atoms with Gasteiger partial charge in [-0.3, -0.25) is 9.59 Å². The summed E-state index contributed by atoms with van der Waals surface area (Å²) in [5.41, 5.74) is 6.10. The van der Waals surface area contributed by atoms with Gasteiger partial charge in [0.05, 0.1) is 0 Å². The summed E-state index contributed by atoms with van der Waals surface area (Å²) >= 11 is 5.99. The lowest BCUT2D eigenvalue weighted by Crippen LogP contribution is -2.46. The number of nitrogens with one attached hydrogen (secondary N) is 2. The Morgan fingerprint density at radius 3 is 2.66 bits per heavy atom. The monoisotopic (exact) mass is 428 g/mol. The Labute approximate surface area is 170 Å². The Hall–Kier alpha value is -2.52. The number of H-pyrrole nitrogens is 1. The molecule has 1 aromatic heterocycles. The minimum absolute atomic E-state index is 0.186. The lowest BCUT2D eigenvalue weighted by Gasteiger charge is -2.23. The predicted molar refractivity (Wildman–Crippen MR) is 101 cm³/mol. The summed E-state index contributed by atoms with van der Waals surface area (Å²) in [4.78, 5) is 28.7. The number of nitrogens with two attached hydrogens (primary N) is 1. The first kappa shape index (κ1) is 21.2. The fourth-order valence-electron chi connectivity index (χ4n) is 3.38. The first-order valence-electron chi connectivity index (χ1n) is 9.03. The molecule has 0 unspecified atom stereocenters. The molecule has 0 spiro atoms. The van der Waals surface area contributed by atoms with Crippen LogP contribution < -0.4 is 11.1 Å². The first-order chi connectivity index (χ1) is 13.7. The molecule has 1 aliphatic rings. The fourth-order valence-corrected chi connectivity index (χ4v) is 3.58. The van der Waals surface area contributed by atoms with Gasteiger partial charge in [-0.1, -0.05) is 17.7 Å². The number of likely N-dealkylation sites (tertiary alicyclic amines) is 1. The number of carbonyl (C=O) groups excluding carboxylic acids is 2. The van der Waals surface area contributed by atoms with E-state index in [2.05, 4.69) is 10.3 Å². The van der Waals surface area contributed by atoms with Crippen LogP contribution in [0, 0.1) is 0 Å². The summed E-state index contributed by atoms with van der Waals surface area (Å²) in [6.07, 6.45) is -3.55. The molecule has 2 heterocycles. The standard InChI is InChI=1S/C19H20ClF3N4O2/c20-13-4-3-11(9-24)12(8-13)10-25-17(28)15-2-1-7-27(15)18(29)14-5-6-16(26-14)19(21,22)23/h3-6,8,15,26H,1-2,7,9-10,24H2,(H,25,28)/t15-/m0/s1. The number of hydrogen-bond donors (Lipinski definition) is 3. The molecule has 0 radical (unpaired) electrons. The third kappa shape index (κ3) is 4.73. The van der Waals surface area contributed by atoms with Gasteiger partial charge in [-0.15, -0.1) is 0 Å². The van der Waals surface area contributed by atoms with E-state index in [4.69, 9.17) is 17.3 Å². The van der Waals surface area contributed by atoms with Gasteiger partial charge >= 0.3 is 6.18 Å². The van der Waals surface area contributed by atoms with Gasteiger partial charge in [0.25, 0.3) is 5.91 Å². The fraction of sp³-hybridized carbons (Fsp3) is 0.368. The van der Waals surface area contributed by atoms with Crippen molar-refractivity contribution >= 4 is 23.4 Å². The zero-order chi connectivity index (χ0) is 21.2. The van der Waals surface area contributed by atoms with Crippen molar-refractivity contribution < 1.29 is 22.8 Å². The number of aromatic nitrogens is 1. The van der Waals surface area contributed by atoms with Crippen molar-refractivity contribution in [2.75, 3.05) is 6.54 Å². The van der Waals surface area contributed by atoms with E-state index in [9.17, 15) is 22.8 Å². The van der Waals surface area contributed by atoms with Crippen LogP contribution >= 0.6 is 11.6 Å². The average molecular weight is 429 g/mol. The number of nitrogens with zero attached hydrogens (tertiary/aromatic N) is 1. The van der Waals surface area contributed by atoms with Crippen LogP contribution in [-0.4, -0.2) is 34.3 Å². The number of benzene rings is 1. The van der Waals surface area contributed by atoms with Gasteiger partial charge in [0.1, 0.15) is 17.4 Å². The van der Waals surface area contributed by atoms with Crippen LogP contribution in [0.4, 0.5) is 13.2 Å². The first-order valence-corrected chi connectivity index (χ1v) is 9.40. The van der Waals surface area contributed by atoms with Crippen molar-refractivity contribution in [1.29, 1.82) is 0 Å². The van der Waals surface area contributed by atoms with Gasteiger partial charge in [0.15, 0.2) is 0 Å². The number of halogens is 4. The van der Waals surface area contributed by atoms with Crippen LogP contribution in [0.2, 0.25) is 5.02 Å². The van der Waals surface area contributed by atoms with Crippen LogP contribution in [0.5, 0.6) is 0 Å². The summed E-state index contributed by atoms with van der Waals surface area (Å²) in [5.74, 6) is -1.01. The van der Waals surface area contributed by atoms with Gasteiger partial charge in [0.2, 0.25) is 5.91 Å². The van der Waals surface area contributed by atoms with Gasteiger partial charge < -0.3 is 20.9 Å². The summed E-state index contributed by atoms with van der Waals surface area (Å²) in [5, 5.41) is 3.28. The minimum Gasteiger partial charge on any atom is -0.350 e. The summed E-state index contributed by atoms with van der Waals surface area (Å²) < 4.78 is 38.3. The maximum atomic E-state index is 12.8. The molecule has 156 valence electrons. The molecule has 0 aliphatic carbocycles. The van der Waals surface area contributed by atoms with E-state index in [1.165, 1.54) is 4.90 Å². The number of amides is 2. The Morgan fingerprint density at radius 2 is 2.00 bits per heavy atom. The highest BCUT2D eigenvalue weighted by Gasteiger charge is 2.37. The van der Waals surface area contributed by atoms with E-state index < -0.39 is 23.8 Å². The third-order valence-corrected chi connectivity index (χ3v) is 5.11. The quantitative estimate of drug-likeness (QED) is 0.683. The van der Waals surface area contributed by atoms with Crippen LogP contribution in [0.3, 0.4) is 0 Å². The van der Waals surface area contributed by atoms with Crippen molar-refractivity contribution in [3.05, 3.63) is 57.9 Å². The van der Waals surface area contributed by atoms with Gasteiger partial charge in [-0.2, -0.15) is 13.2 Å². The lowest BCUT2D eigenvalue weighted by molar-refractivity contribution is -0.140. The molecule has 10 heteroatoms.